The molecule has 0 aliphatic rings. The lowest BCUT2D eigenvalue weighted by Crippen LogP contribution is -2.37. The van der Waals surface area contributed by atoms with Crippen molar-refractivity contribution >= 4 is 11.9 Å². The van der Waals surface area contributed by atoms with Crippen LogP contribution >= 0.6 is 0 Å². The van der Waals surface area contributed by atoms with E-state index in [4.69, 9.17) is 10.2 Å². The molecule has 0 spiro atoms. The van der Waals surface area contributed by atoms with E-state index in [0.717, 1.165) is 0 Å². The normalized spacial score (nSPS) is 9.42. The Kier molecular flexibility index (Phi) is 5.94. The van der Waals surface area contributed by atoms with Crippen LogP contribution in [0, 0.1) is 0 Å². The third-order valence-electron chi connectivity index (χ3n) is 1.01. The maximum atomic E-state index is 10.7. The average Bonchev–Trinajstić information content (AvgIpc) is 2.01. The van der Waals surface area contributed by atoms with Crippen LogP contribution in [0.5, 0.6) is 0 Å². The third-order valence-corrected chi connectivity index (χ3v) is 1.01. The standard InChI is InChI=1S/C6H12N2O4/c9-2-1-7-3-5(10)8-4-6(11)12/h7,9H,1-4H2,(H,8,10)(H,11,12). The molecule has 6 heteroatoms. The van der Waals surface area contributed by atoms with Crippen molar-refractivity contribution in [3.05, 3.63) is 0 Å². The summed E-state index contributed by atoms with van der Waals surface area (Å²) in [6.45, 7) is -0.0832. The molecule has 0 heterocycles. The van der Waals surface area contributed by atoms with E-state index in [9.17, 15) is 9.59 Å². The van der Waals surface area contributed by atoms with Gasteiger partial charge in [-0.05, 0) is 0 Å². The smallest absolute Gasteiger partial charge is 0.322 e. The van der Waals surface area contributed by atoms with Gasteiger partial charge in [0.1, 0.15) is 6.54 Å². The number of aliphatic hydroxyl groups excluding tert-OH is 1. The van der Waals surface area contributed by atoms with Gasteiger partial charge in [-0.25, -0.2) is 0 Å². The summed E-state index contributed by atoms with van der Waals surface area (Å²) in [5, 5.41) is 21.2. The largest absolute Gasteiger partial charge is 0.480 e. The van der Waals surface area contributed by atoms with E-state index in [0.29, 0.717) is 6.54 Å². The average molecular weight is 176 g/mol. The van der Waals surface area contributed by atoms with Crippen molar-refractivity contribution in [2.24, 2.45) is 0 Å². The molecule has 0 atom stereocenters. The van der Waals surface area contributed by atoms with E-state index in [1.807, 2.05) is 0 Å². The predicted molar refractivity (Wildman–Crippen MR) is 40.6 cm³/mol. The molecule has 0 bridgehead atoms. The minimum atomic E-state index is -1.08. The van der Waals surface area contributed by atoms with Gasteiger partial charge in [0.05, 0.1) is 13.2 Å². The highest BCUT2D eigenvalue weighted by molar-refractivity contribution is 5.82. The number of carboxylic acids is 1. The highest BCUT2D eigenvalue weighted by atomic mass is 16.4. The molecule has 0 unspecified atom stereocenters. The van der Waals surface area contributed by atoms with Crippen LogP contribution < -0.4 is 10.6 Å². The monoisotopic (exact) mass is 176 g/mol. The van der Waals surface area contributed by atoms with Crippen molar-refractivity contribution < 1.29 is 19.8 Å². The quantitative estimate of drug-likeness (QED) is 0.343. The van der Waals surface area contributed by atoms with Crippen molar-refractivity contribution in [2.45, 2.75) is 0 Å². The molecule has 0 aliphatic carbocycles. The predicted octanol–water partition coefficient (Wildman–Crippen LogP) is -2.23. The number of rotatable bonds is 6. The van der Waals surface area contributed by atoms with Gasteiger partial charge in [0.25, 0.3) is 0 Å². The van der Waals surface area contributed by atoms with Crippen molar-refractivity contribution in [3.63, 3.8) is 0 Å². The van der Waals surface area contributed by atoms with Crippen molar-refractivity contribution in [1.82, 2.24) is 10.6 Å². The number of amides is 1. The van der Waals surface area contributed by atoms with Gasteiger partial charge in [0, 0.05) is 6.54 Å². The number of carbonyl (C=O) groups is 2. The summed E-state index contributed by atoms with van der Waals surface area (Å²) in [7, 11) is 0. The number of carbonyl (C=O) groups excluding carboxylic acids is 1. The summed E-state index contributed by atoms with van der Waals surface area (Å²) in [5.41, 5.74) is 0. The van der Waals surface area contributed by atoms with Crippen LogP contribution in [0.1, 0.15) is 0 Å². The van der Waals surface area contributed by atoms with Crippen molar-refractivity contribution in [3.8, 4) is 0 Å². The summed E-state index contributed by atoms with van der Waals surface area (Å²) in [4.78, 5) is 20.7. The van der Waals surface area contributed by atoms with Crippen LogP contribution in [0.15, 0.2) is 0 Å². The Labute approximate surface area is 69.6 Å². The SMILES string of the molecule is O=C(O)CNC(=O)CNCCO. The van der Waals surface area contributed by atoms with Crippen LogP contribution in [-0.2, 0) is 9.59 Å². The molecule has 12 heavy (non-hydrogen) atoms. The number of hydrogen-bond donors (Lipinski definition) is 4. The van der Waals surface area contributed by atoms with Crippen molar-refractivity contribution in [1.29, 1.82) is 0 Å². The van der Waals surface area contributed by atoms with Crippen LogP contribution in [0.4, 0.5) is 0 Å². The van der Waals surface area contributed by atoms with E-state index < -0.39 is 11.9 Å². The lowest BCUT2D eigenvalue weighted by Gasteiger charge is -2.02. The number of hydrogen-bond acceptors (Lipinski definition) is 4. The number of nitrogens with one attached hydrogen (secondary N) is 2. The molecule has 0 radical (unpaired) electrons. The molecule has 4 N–H and O–H groups in total. The minimum absolute atomic E-state index is 0.0217. The summed E-state index contributed by atoms with van der Waals surface area (Å²) >= 11 is 0. The minimum Gasteiger partial charge on any atom is -0.480 e. The van der Waals surface area contributed by atoms with Gasteiger partial charge in [-0.2, -0.15) is 0 Å². The van der Waals surface area contributed by atoms with E-state index >= 15 is 0 Å². The molecule has 1 amide bonds. The highest BCUT2D eigenvalue weighted by Gasteiger charge is 2.01. The van der Waals surface area contributed by atoms with Gasteiger partial charge >= 0.3 is 5.97 Å². The highest BCUT2D eigenvalue weighted by Crippen LogP contribution is 1.65. The fraction of sp³-hybridized carbons (Fsp3) is 0.667. The number of aliphatic carboxylic acids is 1. The first-order valence-corrected chi connectivity index (χ1v) is 3.47. The summed E-state index contributed by atoms with van der Waals surface area (Å²) in [5.74, 6) is -1.48. The molecule has 6 nitrogen and oxygen atoms in total. The first kappa shape index (κ1) is 10.9. The second kappa shape index (κ2) is 6.56. The fourth-order valence-corrected chi connectivity index (χ4v) is 0.518. The molecule has 0 aromatic heterocycles. The first-order valence-electron chi connectivity index (χ1n) is 3.47. The lowest BCUT2D eigenvalue weighted by molar-refractivity contribution is -0.137. The molecule has 70 valence electrons. The lowest BCUT2D eigenvalue weighted by atomic mass is 10.5. The molecule has 0 saturated heterocycles. The zero-order chi connectivity index (χ0) is 9.40. The topological polar surface area (TPSA) is 98.7 Å². The van der Waals surface area contributed by atoms with E-state index in [-0.39, 0.29) is 19.7 Å². The van der Waals surface area contributed by atoms with Gasteiger partial charge in [-0.3, -0.25) is 9.59 Å². The zero-order valence-corrected chi connectivity index (χ0v) is 6.54. The van der Waals surface area contributed by atoms with Gasteiger partial charge in [-0.15, -0.1) is 0 Å². The van der Waals surface area contributed by atoms with Gasteiger partial charge in [0.2, 0.25) is 5.91 Å². The first-order chi connectivity index (χ1) is 5.66. The molecule has 0 fully saturated rings. The Hall–Kier alpha value is -1.14. The van der Waals surface area contributed by atoms with E-state index in [2.05, 4.69) is 10.6 Å². The molecule has 0 aromatic carbocycles. The summed E-state index contributed by atoms with van der Waals surface area (Å²) in [6.07, 6.45) is 0. The fourth-order valence-electron chi connectivity index (χ4n) is 0.518. The Morgan fingerprint density at radius 2 is 1.92 bits per heavy atom. The Morgan fingerprint density at radius 3 is 2.42 bits per heavy atom. The van der Waals surface area contributed by atoms with E-state index in [1.165, 1.54) is 0 Å². The molecule has 0 rings (SSSR count). The van der Waals surface area contributed by atoms with Crippen LogP contribution in [-0.4, -0.2) is 48.3 Å². The maximum Gasteiger partial charge on any atom is 0.322 e. The van der Waals surface area contributed by atoms with Crippen LogP contribution in [0.2, 0.25) is 0 Å². The molecular formula is C6H12N2O4. The van der Waals surface area contributed by atoms with Crippen LogP contribution in [0.25, 0.3) is 0 Å². The molecule has 0 aliphatic heterocycles. The Bertz CT molecular complexity index is 160. The Balaban J connectivity index is 3.28. The maximum absolute atomic E-state index is 10.7. The zero-order valence-electron chi connectivity index (χ0n) is 6.54. The second-order valence-corrected chi connectivity index (χ2v) is 2.07. The Morgan fingerprint density at radius 1 is 1.25 bits per heavy atom. The molecule has 0 aromatic rings. The van der Waals surface area contributed by atoms with Crippen molar-refractivity contribution in [2.75, 3.05) is 26.2 Å². The third kappa shape index (κ3) is 6.97. The van der Waals surface area contributed by atoms with Gasteiger partial charge in [-0.1, -0.05) is 0 Å². The van der Waals surface area contributed by atoms with Gasteiger partial charge < -0.3 is 20.8 Å². The second-order valence-electron chi connectivity index (χ2n) is 2.07. The summed E-state index contributed by atoms with van der Waals surface area (Å²) in [6, 6.07) is 0. The van der Waals surface area contributed by atoms with Crippen LogP contribution in [0.3, 0.4) is 0 Å². The van der Waals surface area contributed by atoms with Gasteiger partial charge in [0.15, 0.2) is 0 Å². The molecule has 0 saturated carbocycles. The molecular weight excluding hydrogens is 164 g/mol. The number of aliphatic hydroxyl groups is 1. The summed E-state index contributed by atoms with van der Waals surface area (Å²) < 4.78 is 0. The van der Waals surface area contributed by atoms with E-state index in [1.54, 1.807) is 0 Å². The number of carboxylic acid groups (broad SMARTS) is 1.